The van der Waals surface area contributed by atoms with Crippen LogP contribution in [0.3, 0.4) is 0 Å². The summed E-state index contributed by atoms with van der Waals surface area (Å²) in [4.78, 5) is 4.59. The Balaban J connectivity index is 2.07. The molecule has 1 aromatic carbocycles. The van der Waals surface area contributed by atoms with Gasteiger partial charge in [-0.3, -0.25) is 0 Å². The summed E-state index contributed by atoms with van der Waals surface area (Å²) in [6.45, 7) is 15.1. The van der Waals surface area contributed by atoms with Crippen LogP contribution in [-0.2, 0) is 0 Å². The zero-order chi connectivity index (χ0) is 15.6. The van der Waals surface area contributed by atoms with E-state index in [2.05, 4.69) is 86.2 Å². The zero-order valence-electron chi connectivity index (χ0n) is 14.1. The van der Waals surface area contributed by atoms with E-state index >= 15 is 0 Å². The number of benzene rings is 1. The number of hydrogen-bond acceptors (Lipinski definition) is 2. The molecule has 0 atom stereocenters. The third-order valence-electron chi connectivity index (χ3n) is 3.46. The Morgan fingerprint density at radius 2 is 1.67 bits per heavy atom. The summed E-state index contributed by atoms with van der Waals surface area (Å²) < 4.78 is 0. The van der Waals surface area contributed by atoms with E-state index in [-0.39, 0.29) is 0 Å². The molecule has 112 valence electrons. The van der Waals surface area contributed by atoms with Crippen molar-refractivity contribution in [2.24, 2.45) is 0 Å². The fraction of sp³-hybridized carbons (Fsp3) is 0.444. The summed E-state index contributed by atoms with van der Waals surface area (Å²) in [5.74, 6) is 3.34. The first-order chi connectivity index (χ1) is 9.76. The van der Waals surface area contributed by atoms with Gasteiger partial charge >= 0.3 is 0 Å². The minimum Gasteiger partial charge on any atom is -0.347 e. The van der Waals surface area contributed by atoms with Crippen LogP contribution in [0.4, 0.5) is 5.69 Å². The van der Waals surface area contributed by atoms with Crippen molar-refractivity contribution in [3.05, 3.63) is 41.2 Å². The van der Waals surface area contributed by atoms with Crippen molar-refractivity contribution in [3.63, 3.8) is 0 Å². The van der Waals surface area contributed by atoms with Gasteiger partial charge in [-0.05, 0) is 31.9 Å². The van der Waals surface area contributed by atoms with Crippen LogP contribution in [0.2, 0.25) is 19.6 Å². The Hall–Kier alpha value is -1.66. The fourth-order valence-electron chi connectivity index (χ4n) is 2.74. The number of nitrogens with zero attached hydrogens (tertiary/aromatic N) is 2. The summed E-state index contributed by atoms with van der Waals surface area (Å²) >= 11 is 0. The van der Waals surface area contributed by atoms with Crippen molar-refractivity contribution in [2.75, 3.05) is 18.1 Å². The Morgan fingerprint density at radius 3 is 2.24 bits per heavy atom. The fourth-order valence-corrected chi connectivity index (χ4v) is 3.35. The molecule has 0 saturated heterocycles. The van der Waals surface area contributed by atoms with E-state index in [0.717, 1.165) is 13.2 Å². The van der Waals surface area contributed by atoms with Gasteiger partial charge in [0.15, 0.2) is 0 Å². The molecule has 0 aromatic heterocycles. The van der Waals surface area contributed by atoms with Gasteiger partial charge < -0.3 is 9.80 Å². The molecular weight excluding hydrogens is 272 g/mol. The van der Waals surface area contributed by atoms with Crippen molar-refractivity contribution in [1.29, 1.82) is 0 Å². The largest absolute Gasteiger partial charge is 0.347 e. The van der Waals surface area contributed by atoms with E-state index in [0.29, 0.717) is 0 Å². The first-order valence-corrected chi connectivity index (χ1v) is 11.0. The molecule has 2 nitrogen and oxygen atoms in total. The molecule has 0 N–H and O–H groups in total. The van der Waals surface area contributed by atoms with Crippen molar-refractivity contribution in [3.8, 4) is 11.5 Å². The molecule has 0 aliphatic carbocycles. The highest BCUT2D eigenvalue weighted by Crippen LogP contribution is 2.28. The van der Waals surface area contributed by atoms with E-state index in [1.807, 2.05) is 0 Å². The lowest BCUT2D eigenvalue weighted by Gasteiger charge is -2.24. The number of aryl methyl sites for hydroxylation is 3. The molecule has 0 fully saturated rings. The number of rotatable bonds is 2. The molecule has 0 radical (unpaired) electrons. The average Bonchev–Trinajstić information content (AvgIpc) is 2.74. The van der Waals surface area contributed by atoms with E-state index < -0.39 is 8.07 Å². The third kappa shape index (κ3) is 4.15. The summed E-state index contributed by atoms with van der Waals surface area (Å²) in [5, 5.41) is 0. The molecule has 2 rings (SSSR count). The molecule has 1 aromatic rings. The third-order valence-corrected chi connectivity index (χ3v) is 4.39. The molecule has 0 unspecified atom stereocenters. The van der Waals surface area contributed by atoms with Crippen LogP contribution in [0, 0.1) is 32.2 Å². The van der Waals surface area contributed by atoms with Crippen molar-refractivity contribution >= 4 is 13.8 Å². The van der Waals surface area contributed by atoms with E-state index in [9.17, 15) is 0 Å². The molecular formula is C18H26N2Si. The van der Waals surface area contributed by atoms with Gasteiger partial charge in [0.2, 0.25) is 0 Å². The predicted molar refractivity (Wildman–Crippen MR) is 95.0 cm³/mol. The Morgan fingerprint density at radius 1 is 1.05 bits per heavy atom. The first-order valence-electron chi connectivity index (χ1n) is 7.53. The summed E-state index contributed by atoms with van der Waals surface area (Å²) in [6, 6.07) is 4.51. The highest BCUT2D eigenvalue weighted by atomic mass is 28.3. The lowest BCUT2D eigenvalue weighted by Crippen LogP contribution is -2.26. The smallest absolute Gasteiger partial charge is 0.129 e. The van der Waals surface area contributed by atoms with Gasteiger partial charge in [-0.25, -0.2) is 0 Å². The molecule has 1 heterocycles. The van der Waals surface area contributed by atoms with Gasteiger partial charge in [0.1, 0.15) is 8.07 Å². The van der Waals surface area contributed by atoms with Gasteiger partial charge in [0, 0.05) is 18.1 Å². The Bertz CT molecular complexity index is 591. The van der Waals surface area contributed by atoms with Crippen LogP contribution in [0.25, 0.3) is 0 Å². The Kier molecular flexibility index (Phi) is 4.48. The minimum absolute atomic E-state index is 0.821. The molecule has 21 heavy (non-hydrogen) atoms. The van der Waals surface area contributed by atoms with Crippen LogP contribution in [0.15, 0.2) is 24.5 Å². The highest BCUT2D eigenvalue weighted by molar-refractivity contribution is 6.83. The molecule has 3 heteroatoms. The number of anilines is 1. The SMILES string of the molecule is Cc1cc(C)c(N2C=CN(CC#C[Si](C)(C)C)C2)c(C)c1. The average molecular weight is 299 g/mol. The van der Waals surface area contributed by atoms with Crippen LogP contribution in [0.5, 0.6) is 0 Å². The Labute approximate surface area is 130 Å². The second-order valence-electron chi connectivity index (χ2n) is 6.96. The normalized spacial score (nSPS) is 14.4. The second-order valence-corrected chi connectivity index (χ2v) is 11.7. The maximum atomic E-state index is 3.43. The lowest BCUT2D eigenvalue weighted by molar-refractivity contribution is 0.457. The predicted octanol–water partition coefficient (Wildman–Crippen LogP) is 4.04. The van der Waals surface area contributed by atoms with E-state index in [1.165, 1.54) is 22.4 Å². The van der Waals surface area contributed by atoms with Gasteiger partial charge in [-0.15, -0.1) is 5.54 Å². The van der Waals surface area contributed by atoms with Gasteiger partial charge in [0.05, 0.1) is 13.2 Å². The second kappa shape index (κ2) is 5.99. The lowest BCUT2D eigenvalue weighted by atomic mass is 10.0. The standard InChI is InChI=1S/C18H26N2Si/c1-15-12-16(2)18(17(3)13-15)20-10-9-19(14-20)8-7-11-21(4,5)6/h9-10,12-13H,8,14H2,1-6H3. The van der Waals surface area contributed by atoms with Gasteiger partial charge in [0.25, 0.3) is 0 Å². The topological polar surface area (TPSA) is 6.48 Å². The summed E-state index contributed by atoms with van der Waals surface area (Å²) in [5.41, 5.74) is 8.77. The zero-order valence-corrected chi connectivity index (χ0v) is 15.1. The summed E-state index contributed by atoms with van der Waals surface area (Å²) in [6.07, 6.45) is 4.32. The van der Waals surface area contributed by atoms with Crippen molar-refractivity contribution < 1.29 is 0 Å². The molecule has 0 amide bonds. The minimum atomic E-state index is -1.26. The van der Waals surface area contributed by atoms with Crippen LogP contribution < -0.4 is 4.90 Å². The van der Waals surface area contributed by atoms with Crippen LogP contribution >= 0.6 is 0 Å². The van der Waals surface area contributed by atoms with Crippen molar-refractivity contribution in [2.45, 2.75) is 40.4 Å². The van der Waals surface area contributed by atoms with Crippen molar-refractivity contribution in [1.82, 2.24) is 4.90 Å². The molecule has 0 saturated carbocycles. The van der Waals surface area contributed by atoms with Crippen LogP contribution in [-0.4, -0.2) is 26.2 Å². The maximum Gasteiger partial charge on any atom is 0.129 e. The van der Waals surface area contributed by atoms with Gasteiger partial charge in [-0.1, -0.05) is 43.3 Å². The molecule has 0 bridgehead atoms. The van der Waals surface area contributed by atoms with Crippen LogP contribution in [0.1, 0.15) is 16.7 Å². The highest BCUT2D eigenvalue weighted by Gasteiger charge is 2.17. The first kappa shape index (κ1) is 15.7. The van der Waals surface area contributed by atoms with E-state index in [1.54, 1.807) is 0 Å². The van der Waals surface area contributed by atoms with Gasteiger partial charge in [-0.2, -0.15) is 0 Å². The monoisotopic (exact) mass is 298 g/mol. The molecule has 1 aliphatic heterocycles. The van der Waals surface area contributed by atoms with E-state index in [4.69, 9.17) is 0 Å². The molecule has 1 aliphatic rings. The summed E-state index contributed by atoms with van der Waals surface area (Å²) in [7, 11) is -1.26. The number of hydrogen-bond donors (Lipinski definition) is 0. The molecule has 0 spiro atoms. The maximum absolute atomic E-state index is 3.43. The quantitative estimate of drug-likeness (QED) is 0.600.